The van der Waals surface area contributed by atoms with Crippen molar-refractivity contribution in [1.29, 1.82) is 0 Å². The van der Waals surface area contributed by atoms with Crippen LogP contribution in [0.15, 0.2) is 0 Å². The topological polar surface area (TPSA) is 27.7 Å². The highest BCUT2D eigenvalue weighted by Crippen LogP contribution is 2.34. The molecule has 0 amide bonds. The van der Waals surface area contributed by atoms with Crippen LogP contribution in [-0.2, 0) is 14.2 Å². The molecule has 0 radical (unpaired) electrons. The van der Waals surface area contributed by atoms with Gasteiger partial charge in [0.1, 0.15) is 0 Å². The Kier molecular flexibility index (Phi) is 13.9. The molecule has 22 heavy (non-hydrogen) atoms. The minimum Gasteiger partial charge on any atom is -0.331 e. The van der Waals surface area contributed by atoms with Crippen LogP contribution in [0.4, 0.5) is 0 Å². The molecule has 134 valence electrons. The average molecular weight is 334 g/mol. The first-order chi connectivity index (χ1) is 10.6. The number of unbranched alkanes of at least 4 members (excludes halogenated alkanes) is 5. The summed E-state index contributed by atoms with van der Waals surface area (Å²) in [6.07, 6.45) is 12.7. The average Bonchev–Trinajstić information content (AvgIpc) is 2.51. The summed E-state index contributed by atoms with van der Waals surface area (Å²) in [5.74, 6) is -0.554. The van der Waals surface area contributed by atoms with E-state index in [1.165, 1.54) is 51.1 Å². The summed E-state index contributed by atoms with van der Waals surface area (Å²) in [4.78, 5) is 0. The number of rotatable bonds is 15. The summed E-state index contributed by atoms with van der Waals surface area (Å²) in [5, 5.41) is 0. The molecule has 1 atom stereocenters. The van der Waals surface area contributed by atoms with Crippen LogP contribution in [0, 0.1) is 5.92 Å². The SMILES string of the molecule is CCCCCCCCC(CCCP(C)C)C(OC)(OC)OC. The zero-order chi connectivity index (χ0) is 16.8. The number of ether oxygens (including phenoxy) is 3. The molecule has 3 nitrogen and oxygen atoms in total. The van der Waals surface area contributed by atoms with Crippen molar-refractivity contribution in [2.75, 3.05) is 40.8 Å². The van der Waals surface area contributed by atoms with E-state index < -0.39 is 5.97 Å². The van der Waals surface area contributed by atoms with Crippen LogP contribution < -0.4 is 0 Å². The monoisotopic (exact) mass is 334 g/mol. The fourth-order valence-corrected chi connectivity index (χ4v) is 3.89. The molecular formula is C18H39O3P. The number of hydrogen-bond acceptors (Lipinski definition) is 3. The van der Waals surface area contributed by atoms with Crippen molar-refractivity contribution < 1.29 is 14.2 Å². The van der Waals surface area contributed by atoms with Crippen LogP contribution in [0.25, 0.3) is 0 Å². The molecule has 4 heteroatoms. The largest absolute Gasteiger partial charge is 0.331 e. The van der Waals surface area contributed by atoms with Gasteiger partial charge in [0.15, 0.2) is 0 Å². The van der Waals surface area contributed by atoms with Crippen LogP contribution in [-0.4, -0.2) is 46.8 Å². The van der Waals surface area contributed by atoms with E-state index in [4.69, 9.17) is 14.2 Å². The van der Waals surface area contributed by atoms with Gasteiger partial charge in [0, 0.05) is 27.2 Å². The predicted octanol–water partition coefficient (Wildman–Crippen LogP) is 5.47. The molecule has 0 saturated heterocycles. The number of methoxy groups -OCH3 is 3. The molecule has 0 bridgehead atoms. The van der Waals surface area contributed by atoms with Crippen molar-refractivity contribution >= 4 is 7.92 Å². The minimum absolute atomic E-state index is 0.175. The maximum absolute atomic E-state index is 5.61. The third-order valence-corrected chi connectivity index (χ3v) is 5.63. The van der Waals surface area contributed by atoms with E-state index in [1.54, 1.807) is 21.3 Å². The van der Waals surface area contributed by atoms with Crippen molar-refractivity contribution in [1.82, 2.24) is 0 Å². The Hall–Kier alpha value is 0.310. The van der Waals surface area contributed by atoms with Gasteiger partial charge in [-0.2, -0.15) is 0 Å². The van der Waals surface area contributed by atoms with Gasteiger partial charge in [0.05, 0.1) is 0 Å². The molecule has 1 unspecified atom stereocenters. The highest BCUT2D eigenvalue weighted by molar-refractivity contribution is 7.55. The lowest BCUT2D eigenvalue weighted by atomic mass is 9.93. The molecule has 0 fully saturated rings. The molecule has 0 aromatic rings. The smallest absolute Gasteiger partial charge is 0.285 e. The molecule has 0 aromatic carbocycles. The van der Waals surface area contributed by atoms with Gasteiger partial charge >= 0.3 is 0 Å². The lowest BCUT2D eigenvalue weighted by molar-refractivity contribution is -0.380. The van der Waals surface area contributed by atoms with Crippen LogP contribution in [0.3, 0.4) is 0 Å². The Morgan fingerprint density at radius 2 is 1.27 bits per heavy atom. The van der Waals surface area contributed by atoms with Gasteiger partial charge in [-0.3, -0.25) is 0 Å². The second-order valence-corrected chi connectivity index (χ2v) is 9.02. The molecule has 0 N–H and O–H groups in total. The van der Waals surface area contributed by atoms with Gasteiger partial charge in [-0.25, -0.2) is 0 Å². The second kappa shape index (κ2) is 13.7. The van der Waals surface area contributed by atoms with Crippen LogP contribution >= 0.6 is 7.92 Å². The van der Waals surface area contributed by atoms with E-state index in [0.717, 1.165) is 12.8 Å². The van der Waals surface area contributed by atoms with Gasteiger partial charge in [0.25, 0.3) is 5.97 Å². The first kappa shape index (κ1) is 22.3. The molecule has 0 saturated carbocycles. The van der Waals surface area contributed by atoms with E-state index in [2.05, 4.69) is 20.3 Å². The molecule has 0 aliphatic rings. The van der Waals surface area contributed by atoms with Crippen molar-refractivity contribution in [3.05, 3.63) is 0 Å². The van der Waals surface area contributed by atoms with E-state index in [1.807, 2.05) is 0 Å². The normalized spacial score (nSPS) is 13.8. The second-order valence-electron chi connectivity index (χ2n) is 6.41. The van der Waals surface area contributed by atoms with Crippen molar-refractivity contribution in [2.24, 2.45) is 5.92 Å². The fourth-order valence-electron chi connectivity index (χ4n) is 3.07. The minimum atomic E-state index is -0.867. The van der Waals surface area contributed by atoms with Gasteiger partial charge in [-0.05, 0) is 38.8 Å². The van der Waals surface area contributed by atoms with E-state index in [-0.39, 0.29) is 7.92 Å². The molecule has 0 heterocycles. The first-order valence-corrected chi connectivity index (χ1v) is 11.3. The van der Waals surface area contributed by atoms with Crippen molar-refractivity contribution in [2.45, 2.75) is 70.7 Å². The highest BCUT2D eigenvalue weighted by Gasteiger charge is 2.39. The van der Waals surface area contributed by atoms with E-state index in [0.29, 0.717) is 5.92 Å². The van der Waals surface area contributed by atoms with Crippen molar-refractivity contribution in [3.8, 4) is 0 Å². The zero-order valence-corrected chi connectivity index (χ0v) is 16.7. The van der Waals surface area contributed by atoms with Crippen LogP contribution in [0.5, 0.6) is 0 Å². The van der Waals surface area contributed by atoms with Crippen molar-refractivity contribution in [3.63, 3.8) is 0 Å². The molecular weight excluding hydrogens is 295 g/mol. The maximum Gasteiger partial charge on any atom is 0.285 e. The Bertz CT molecular complexity index is 234. The highest BCUT2D eigenvalue weighted by atomic mass is 31.1. The predicted molar refractivity (Wildman–Crippen MR) is 98.1 cm³/mol. The molecule has 0 aliphatic carbocycles. The van der Waals surface area contributed by atoms with Gasteiger partial charge in [-0.1, -0.05) is 45.4 Å². The van der Waals surface area contributed by atoms with E-state index in [9.17, 15) is 0 Å². The lowest BCUT2D eigenvalue weighted by Crippen LogP contribution is -2.44. The Labute approximate surface area is 140 Å². The standard InChI is InChI=1S/C18H39O3P/c1-7-8-9-10-11-12-14-17(15-13-16-22(5)6)18(19-2,20-3)21-4/h17H,7-16H2,1-6H3. The lowest BCUT2D eigenvalue weighted by Gasteiger charge is -2.36. The number of hydrogen-bond donors (Lipinski definition) is 0. The molecule has 0 aromatic heterocycles. The summed E-state index contributed by atoms with van der Waals surface area (Å²) in [7, 11) is 5.24. The van der Waals surface area contributed by atoms with E-state index >= 15 is 0 Å². The summed E-state index contributed by atoms with van der Waals surface area (Å²) < 4.78 is 16.8. The quantitative estimate of drug-likeness (QED) is 0.226. The summed E-state index contributed by atoms with van der Waals surface area (Å²) in [6, 6.07) is 0. The van der Waals surface area contributed by atoms with Gasteiger partial charge in [0.2, 0.25) is 0 Å². The third kappa shape index (κ3) is 8.82. The zero-order valence-electron chi connectivity index (χ0n) is 15.8. The first-order valence-electron chi connectivity index (χ1n) is 8.86. The van der Waals surface area contributed by atoms with Crippen LogP contribution in [0.1, 0.15) is 64.7 Å². The van der Waals surface area contributed by atoms with Gasteiger partial charge < -0.3 is 14.2 Å². The Morgan fingerprint density at radius 1 is 0.773 bits per heavy atom. The Balaban J connectivity index is 4.38. The molecule has 0 aliphatic heterocycles. The summed E-state index contributed by atoms with van der Waals surface area (Å²) in [6.45, 7) is 6.94. The fraction of sp³-hybridized carbons (Fsp3) is 1.00. The van der Waals surface area contributed by atoms with Crippen LogP contribution in [0.2, 0.25) is 0 Å². The summed E-state index contributed by atoms with van der Waals surface area (Å²) >= 11 is 0. The maximum atomic E-state index is 5.61. The molecule has 0 rings (SSSR count). The van der Waals surface area contributed by atoms with Gasteiger partial charge in [-0.15, -0.1) is 7.92 Å². The Morgan fingerprint density at radius 3 is 1.77 bits per heavy atom. The molecule has 0 spiro atoms. The summed E-state index contributed by atoms with van der Waals surface area (Å²) in [5.41, 5.74) is 0. The third-order valence-electron chi connectivity index (χ3n) is 4.42.